The lowest BCUT2D eigenvalue weighted by Gasteiger charge is -2.12. The molecule has 0 aliphatic carbocycles. The van der Waals surface area contributed by atoms with Gasteiger partial charge in [0.1, 0.15) is 12.4 Å². The van der Waals surface area contributed by atoms with E-state index < -0.39 is 0 Å². The minimum absolute atomic E-state index is 0.540. The standard InChI is InChI=1S/C18H19N3O/c1-2-20-18-15-10-14(8-9-17(15)21-11-16(18)19)22-12-13-6-4-3-5-7-13/h3-11H,2,12,19H2,1H3,(H,20,21). The Hall–Kier alpha value is -2.75. The molecule has 0 fully saturated rings. The van der Waals surface area contributed by atoms with Crippen molar-refractivity contribution in [2.75, 3.05) is 17.6 Å². The van der Waals surface area contributed by atoms with E-state index >= 15 is 0 Å². The van der Waals surface area contributed by atoms with Gasteiger partial charge < -0.3 is 15.8 Å². The number of benzene rings is 2. The Balaban J connectivity index is 1.89. The highest BCUT2D eigenvalue weighted by Gasteiger charge is 2.07. The zero-order chi connectivity index (χ0) is 15.4. The maximum Gasteiger partial charge on any atom is 0.120 e. The summed E-state index contributed by atoms with van der Waals surface area (Å²) in [4.78, 5) is 4.36. The van der Waals surface area contributed by atoms with Crippen LogP contribution in [0.25, 0.3) is 10.9 Å². The molecule has 4 heteroatoms. The second-order valence-electron chi connectivity index (χ2n) is 5.07. The third kappa shape index (κ3) is 2.96. The topological polar surface area (TPSA) is 60.2 Å². The molecule has 0 bridgehead atoms. The number of hydrogen-bond acceptors (Lipinski definition) is 4. The first kappa shape index (κ1) is 14.2. The molecule has 3 rings (SSSR count). The highest BCUT2D eigenvalue weighted by Crippen LogP contribution is 2.30. The summed E-state index contributed by atoms with van der Waals surface area (Å²) in [6.45, 7) is 3.39. The molecule has 2 aromatic carbocycles. The number of anilines is 2. The van der Waals surface area contributed by atoms with E-state index in [4.69, 9.17) is 10.5 Å². The lowest BCUT2D eigenvalue weighted by atomic mass is 10.1. The molecular formula is C18H19N3O. The van der Waals surface area contributed by atoms with E-state index in [9.17, 15) is 0 Å². The van der Waals surface area contributed by atoms with E-state index in [0.717, 1.165) is 34.4 Å². The van der Waals surface area contributed by atoms with E-state index in [2.05, 4.69) is 10.3 Å². The summed E-state index contributed by atoms with van der Waals surface area (Å²) in [5.74, 6) is 0.808. The Bertz CT molecular complexity index is 772. The van der Waals surface area contributed by atoms with Gasteiger partial charge in [-0.05, 0) is 30.7 Å². The van der Waals surface area contributed by atoms with Crippen molar-refractivity contribution in [3.8, 4) is 5.75 Å². The Labute approximate surface area is 129 Å². The van der Waals surface area contributed by atoms with Gasteiger partial charge in [-0.15, -0.1) is 0 Å². The van der Waals surface area contributed by atoms with Gasteiger partial charge in [-0.1, -0.05) is 30.3 Å². The number of fused-ring (bicyclic) bond motifs is 1. The normalized spacial score (nSPS) is 10.6. The number of hydrogen-bond donors (Lipinski definition) is 2. The molecule has 0 spiro atoms. The van der Waals surface area contributed by atoms with Gasteiger partial charge in [0.15, 0.2) is 0 Å². The van der Waals surface area contributed by atoms with Crippen LogP contribution >= 0.6 is 0 Å². The van der Waals surface area contributed by atoms with Crippen molar-refractivity contribution < 1.29 is 4.74 Å². The molecule has 3 N–H and O–H groups in total. The second-order valence-corrected chi connectivity index (χ2v) is 5.07. The zero-order valence-electron chi connectivity index (χ0n) is 12.5. The van der Waals surface area contributed by atoms with Gasteiger partial charge in [0.05, 0.1) is 23.1 Å². The van der Waals surface area contributed by atoms with E-state index in [0.29, 0.717) is 12.3 Å². The summed E-state index contributed by atoms with van der Waals surface area (Å²) in [5, 5.41) is 4.28. The van der Waals surface area contributed by atoms with Crippen molar-refractivity contribution >= 4 is 22.3 Å². The lowest BCUT2D eigenvalue weighted by Crippen LogP contribution is -2.03. The van der Waals surface area contributed by atoms with Crippen LogP contribution in [0, 0.1) is 0 Å². The molecule has 3 aromatic rings. The first-order valence-corrected chi connectivity index (χ1v) is 7.36. The predicted molar refractivity (Wildman–Crippen MR) is 91.1 cm³/mol. The van der Waals surface area contributed by atoms with Crippen molar-refractivity contribution in [2.45, 2.75) is 13.5 Å². The van der Waals surface area contributed by atoms with Crippen molar-refractivity contribution in [2.24, 2.45) is 0 Å². The minimum Gasteiger partial charge on any atom is -0.489 e. The van der Waals surface area contributed by atoms with Crippen LogP contribution in [0.3, 0.4) is 0 Å². The van der Waals surface area contributed by atoms with Crippen LogP contribution in [0.2, 0.25) is 0 Å². The highest BCUT2D eigenvalue weighted by molar-refractivity contribution is 5.97. The van der Waals surface area contributed by atoms with Gasteiger partial charge in [-0.2, -0.15) is 0 Å². The predicted octanol–water partition coefficient (Wildman–Crippen LogP) is 3.83. The van der Waals surface area contributed by atoms with Crippen LogP contribution in [-0.2, 0) is 6.61 Å². The third-order valence-electron chi connectivity index (χ3n) is 3.47. The molecule has 1 aromatic heterocycles. The smallest absolute Gasteiger partial charge is 0.120 e. The van der Waals surface area contributed by atoms with E-state index in [1.807, 2.05) is 55.5 Å². The molecule has 0 radical (unpaired) electrons. The number of rotatable bonds is 5. The lowest BCUT2D eigenvalue weighted by molar-refractivity contribution is 0.306. The molecule has 0 aliphatic rings. The Morgan fingerprint density at radius 3 is 2.73 bits per heavy atom. The molecule has 22 heavy (non-hydrogen) atoms. The maximum absolute atomic E-state index is 6.02. The summed E-state index contributed by atoms with van der Waals surface area (Å²) < 4.78 is 5.88. The molecule has 0 unspecified atom stereocenters. The molecule has 0 atom stereocenters. The number of nitrogen functional groups attached to an aromatic ring is 1. The second kappa shape index (κ2) is 6.35. The van der Waals surface area contributed by atoms with Crippen molar-refractivity contribution in [3.63, 3.8) is 0 Å². The monoisotopic (exact) mass is 293 g/mol. The van der Waals surface area contributed by atoms with Gasteiger partial charge >= 0.3 is 0 Å². The fourth-order valence-electron chi connectivity index (χ4n) is 2.39. The highest BCUT2D eigenvalue weighted by atomic mass is 16.5. The number of nitrogens with two attached hydrogens (primary N) is 1. The Kier molecular flexibility index (Phi) is 4.10. The van der Waals surface area contributed by atoms with Crippen molar-refractivity contribution in [1.82, 2.24) is 4.98 Å². The van der Waals surface area contributed by atoms with Crippen LogP contribution in [0.1, 0.15) is 12.5 Å². The Morgan fingerprint density at radius 1 is 1.14 bits per heavy atom. The molecule has 1 heterocycles. The van der Waals surface area contributed by atoms with Crippen LogP contribution in [0.5, 0.6) is 5.75 Å². The van der Waals surface area contributed by atoms with Crippen LogP contribution in [0.15, 0.2) is 54.7 Å². The van der Waals surface area contributed by atoms with Gasteiger partial charge in [-0.25, -0.2) is 0 Å². The maximum atomic E-state index is 6.02. The van der Waals surface area contributed by atoms with Gasteiger partial charge in [0.25, 0.3) is 0 Å². The molecule has 0 saturated heterocycles. The summed E-state index contributed by atoms with van der Waals surface area (Å²) in [6, 6.07) is 16.0. The molecule has 0 amide bonds. The fraction of sp³-hybridized carbons (Fsp3) is 0.167. The number of ether oxygens (including phenoxy) is 1. The summed E-state index contributed by atoms with van der Waals surface area (Å²) >= 11 is 0. The number of nitrogens with zero attached hydrogens (tertiary/aromatic N) is 1. The zero-order valence-corrected chi connectivity index (χ0v) is 12.5. The summed E-state index contributed by atoms with van der Waals surface area (Å²) in [6.07, 6.45) is 1.69. The number of nitrogens with one attached hydrogen (secondary N) is 1. The Morgan fingerprint density at radius 2 is 1.95 bits per heavy atom. The molecular weight excluding hydrogens is 274 g/mol. The van der Waals surface area contributed by atoms with Crippen LogP contribution < -0.4 is 15.8 Å². The molecule has 4 nitrogen and oxygen atoms in total. The summed E-state index contributed by atoms with van der Waals surface area (Å²) in [5.41, 5.74) is 9.62. The quantitative estimate of drug-likeness (QED) is 0.750. The third-order valence-corrected chi connectivity index (χ3v) is 3.47. The minimum atomic E-state index is 0.540. The molecule has 0 saturated carbocycles. The van der Waals surface area contributed by atoms with Crippen LogP contribution in [0.4, 0.5) is 11.4 Å². The summed E-state index contributed by atoms with van der Waals surface area (Å²) in [7, 11) is 0. The van der Waals surface area contributed by atoms with E-state index in [-0.39, 0.29) is 0 Å². The van der Waals surface area contributed by atoms with Gasteiger partial charge in [-0.3, -0.25) is 4.98 Å². The van der Waals surface area contributed by atoms with Crippen molar-refractivity contribution in [3.05, 3.63) is 60.3 Å². The van der Waals surface area contributed by atoms with E-state index in [1.165, 1.54) is 0 Å². The average Bonchev–Trinajstić information content (AvgIpc) is 2.56. The molecule has 0 aliphatic heterocycles. The first-order valence-electron chi connectivity index (χ1n) is 7.36. The largest absolute Gasteiger partial charge is 0.489 e. The van der Waals surface area contributed by atoms with E-state index in [1.54, 1.807) is 6.20 Å². The number of aromatic nitrogens is 1. The first-order chi connectivity index (χ1) is 10.8. The fourth-order valence-corrected chi connectivity index (χ4v) is 2.39. The molecule has 112 valence electrons. The van der Waals surface area contributed by atoms with Gasteiger partial charge in [0, 0.05) is 11.9 Å². The van der Waals surface area contributed by atoms with Crippen LogP contribution in [-0.4, -0.2) is 11.5 Å². The average molecular weight is 293 g/mol. The SMILES string of the molecule is CCNc1c(N)cnc2ccc(OCc3ccccc3)cc12. The van der Waals surface area contributed by atoms with Gasteiger partial charge in [0.2, 0.25) is 0 Å². The number of pyridine rings is 1. The van der Waals surface area contributed by atoms with Crippen molar-refractivity contribution in [1.29, 1.82) is 0 Å².